The van der Waals surface area contributed by atoms with Crippen LogP contribution in [0.4, 0.5) is 11.4 Å². The molecule has 0 heterocycles. The van der Waals surface area contributed by atoms with Crippen molar-refractivity contribution >= 4 is 40.5 Å². The molecule has 0 aliphatic rings. The van der Waals surface area contributed by atoms with Gasteiger partial charge in [0.2, 0.25) is 0 Å². The molecule has 3 N–H and O–H groups in total. The third-order valence-electron chi connectivity index (χ3n) is 2.48. The molecule has 0 spiro atoms. The van der Waals surface area contributed by atoms with Crippen LogP contribution in [0.1, 0.15) is 0 Å². The molecular weight excluding hydrogens is 299 g/mol. The number of anilines is 2. The predicted octanol–water partition coefficient (Wildman–Crippen LogP) is 3.59. The highest BCUT2D eigenvalue weighted by atomic mass is 35.5. The highest BCUT2D eigenvalue weighted by Gasteiger charge is 2.06. The van der Waals surface area contributed by atoms with E-state index in [1.807, 2.05) is 0 Å². The number of nitrogens with one attached hydrogen (secondary N) is 1. The number of hydrogen-bond donors (Lipinski definition) is 2. The molecule has 0 bridgehead atoms. The number of rotatable bonds is 4. The first kappa shape index (κ1) is 14.5. The summed E-state index contributed by atoms with van der Waals surface area (Å²) in [6, 6.07) is 11.8. The van der Waals surface area contributed by atoms with Crippen LogP contribution in [0.3, 0.4) is 0 Å². The fourth-order valence-corrected chi connectivity index (χ4v) is 1.82. The maximum atomic E-state index is 11.7. The minimum Gasteiger partial charge on any atom is -0.482 e. The maximum Gasteiger partial charge on any atom is 0.262 e. The molecule has 2 aromatic carbocycles. The lowest BCUT2D eigenvalue weighted by molar-refractivity contribution is -0.118. The van der Waals surface area contributed by atoms with E-state index in [9.17, 15) is 4.79 Å². The summed E-state index contributed by atoms with van der Waals surface area (Å²) >= 11 is 11.7. The minimum atomic E-state index is -0.313. The Bertz CT molecular complexity index is 632. The van der Waals surface area contributed by atoms with Gasteiger partial charge in [-0.3, -0.25) is 4.79 Å². The minimum absolute atomic E-state index is 0.144. The lowest BCUT2D eigenvalue weighted by atomic mass is 10.3. The zero-order chi connectivity index (χ0) is 14.5. The zero-order valence-electron chi connectivity index (χ0n) is 10.4. The van der Waals surface area contributed by atoms with E-state index in [1.54, 1.807) is 42.5 Å². The molecule has 0 aromatic heterocycles. The molecule has 0 saturated carbocycles. The number of halogens is 2. The number of nitrogens with two attached hydrogens (primary N) is 1. The Morgan fingerprint density at radius 3 is 2.60 bits per heavy atom. The van der Waals surface area contributed by atoms with Crippen LogP contribution >= 0.6 is 23.2 Å². The smallest absolute Gasteiger partial charge is 0.262 e. The van der Waals surface area contributed by atoms with Crippen LogP contribution in [0.5, 0.6) is 5.75 Å². The molecule has 0 aliphatic heterocycles. The van der Waals surface area contributed by atoms with E-state index >= 15 is 0 Å². The molecule has 0 saturated heterocycles. The van der Waals surface area contributed by atoms with Gasteiger partial charge in [0.25, 0.3) is 5.91 Å². The molecule has 2 aromatic rings. The van der Waals surface area contributed by atoms with Gasteiger partial charge >= 0.3 is 0 Å². The summed E-state index contributed by atoms with van der Waals surface area (Å²) in [5.74, 6) is 0.156. The quantitative estimate of drug-likeness (QED) is 0.848. The molecule has 20 heavy (non-hydrogen) atoms. The maximum absolute atomic E-state index is 11.7. The average Bonchev–Trinajstić information content (AvgIpc) is 2.42. The van der Waals surface area contributed by atoms with E-state index in [1.165, 1.54) is 0 Å². The molecule has 0 aliphatic carbocycles. The van der Waals surface area contributed by atoms with Gasteiger partial charge in [-0.15, -0.1) is 0 Å². The van der Waals surface area contributed by atoms with E-state index in [0.717, 1.165) is 0 Å². The summed E-state index contributed by atoms with van der Waals surface area (Å²) in [7, 11) is 0. The molecule has 0 fully saturated rings. The Morgan fingerprint density at radius 1 is 1.15 bits per heavy atom. The van der Waals surface area contributed by atoms with Crippen molar-refractivity contribution in [3.63, 3.8) is 0 Å². The molecule has 0 radical (unpaired) electrons. The van der Waals surface area contributed by atoms with Crippen LogP contribution in [0.15, 0.2) is 42.5 Å². The predicted molar refractivity (Wildman–Crippen MR) is 81.4 cm³/mol. The first-order valence-corrected chi connectivity index (χ1v) is 6.54. The van der Waals surface area contributed by atoms with Crippen LogP contribution in [0.25, 0.3) is 0 Å². The number of amides is 1. The molecule has 2 rings (SSSR count). The standard InChI is InChI=1S/C14H12Cl2N2O2/c15-10-6-5-9(7-11(10)16)18-14(19)8-20-13-4-2-1-3-12(13)17/h1-7H,8,17H2,(H,18,19). The van der Waals surface area contributed by atoms with Crippen molar-refractivity contribution < 1.29 is 9.53 Å². The lowest BCUT2D eigenvalue weighted by Gasteiger charge is -2.09. The van der Waals surface area contributed by atoms with Crippen molar-refractivity contribution in [3.05, 3.63) is 52.5 Å². The third kappa shape index (κ3) is 3.79. The number of nitrogen functional groups attached to an aromatic ring is 1. The highest BCUT2D eigenvalue weighted by molar-refractivity contribution is 6.42. The van der Waals surface area contributed by atoms with Gasteiger partial charge in [-0.25, -0.2) is 0 Å². The van der Waals surface area contributed by atoms with Gasteiger partial charge in [-0.05, 0) is 30.3 Å². The molecule has 4 nitrogen and oxygen atoms in total. The Kier molecular flexibility index (Phi) is 4.71. The Labute approximate surface area is 126 Å². The number of carbonyl (C=O) groups is 1. The lowest BCUT2D eigenvalue weighted by Crippen LogP contribution is -2.20. The molecule has 1 amide bonds. The summed E-state index contributed by atoms with van der Waals surface area (Å²) in [5, 5.41) is 3.45. The van der Waals surface area contributed by atoms with Crippen LogP contribution in [-0.2, 0) is 4.79 Å². The normalized spacial score (nSPS) is 10.1. The van der Waals surface area contributed by atoms with Crippen LogP contribution in [-0.4, -0.2) is 12.5 Å². The van der Waals surface area contributed by atoms with Crippen molar-refractivity contribution in [1.82, 2.24) is 0 Å². The number of benzene rings is 2. The van der Waals surface area contributed by atoms with Gasteiger partial charge < -0.3 is 15.8 Å². The summed E-state index contributed by atoms with van der Waals surface area (Å²) in [5.41, 5.74) is 6.74. The molecule has 6 heteroatoms. The van der Waals surface area contributed by atoms with Gasteiger partial charge in [0.15, 0.2) is 6.61 Å². The van der Waals surface area contributed by atoms with Gasteiger partial charge in [0.1, 0.15) is 5.75 Å². The Hall–Kier alpha value is -1.91. The van der Waals surface area contributed by atoms with Crippen LogP contribution in [0.2, 0.25) is 10.0 Å². The fourth-order valence-electron chi connectivity index (χ4n) is 1.53. The Balaban J connectivity index is 1.93. The van der Waals surface area contributed by atoms with E-state index in [-0.39, 0.29) is 12.5 Å². The summed E-state index contributed by atoms with van der Waals surface area (Å²) in [6.07, 6.45) is 0. The second-order valence-corrected chi connectivity index (χ2v) is 4.82. The van der Waals surface area contributed by atoms with Crippen LogP contribution < -0.4 is 15.8 Å². The van der Waals surface area contributed by atoms with E-state index in [0.29, 0.717) is 27.2 Å². The van der Waals surface area contributed by atoms with Crippen molar-refractivity contribution in [3.8, 4) is 5.75 Å². The van der Waals surface area contributed by atoms with Crippen molar-refractivity contribution in [2.24, 2.45) is 0 Å². The number of hydrogen-bond acceptors (Lipinski definition) is 3. The SMILES string of the molecule is Nc1ccccc1OCC(=O)Nc1ccc(Cl)c(Cl)c1. The monoisotopic (exact) mass is 310 g/mol. The number of ether oxygens (including phenoxy) is 1. The van der Waals surface area contributed by atoms with Crippen molar-refractivity contribution in [1.29, 1.82) is 0 Å². The van der Waals surface area contributed by atoms with Gasteiger partial charge in [0.05, 0.1) is 15.7 Å². The Morgan fingerprint density at radius 2 is 1.90 bits per heavy atom. The number of para-hydroxylation sites is 2. The van der Waals surface area contributed by atoms with Gasteiger partial charge in [0, 0.05) is 5.69 Å². The molecule has 0 unspecified atom stereocenters. The second kappa shape index (κ2) is 6.50. The van der Waals surface area contributed by atoms with Crippen molar-refractivity contribution in [2.75, 3.05) is 17.7 Å². The first-order chi connectivity index (χ1) is 9.56. The molecular formula is C14H12Cl2N2O2. The summed E-state index contributed by atoms with van der Waals surface area (Å²) in [6.45, 7) is -0.144. The average molecular weight is 311 g/mol. The largest absolute Gasteiger partial charge is 0.482 e. The van der Waals surface area contributed by atoms with E-state index in [2.05, 4.69) is 5.32 Å². The fraction of sp³-hybridized carbons (Fsp3) is 0.0714. The second-order valence-electron chi connectivity index (χ2n) is 4.00. The topological polar surface area (TPSA) is 64.3 Å². The van der Waals surface area contributed by atoms with E-state index < -0.39 is 0 Å². The number of carbonyl (C=O) groups excluding carboxylic acids is 1. The van der Waals surface area contributed by atoms with E-state index in [4.69, 9.17) is 33.7 Å². The molecule has 0 atom stereocenters. The molecule has 104 valence electrons. The van der Waals surface area contributed by atoms with Crippen LogP contribution in [0, 0.1) is 0 Å². The van der Waals surface area contributed by atoms with Gasteiger partial charge in [-0.1, -0.05) is 35.3 Å². The summed E-state index contributed by atoms with van der Waals surface area (Å²) < 4.78 is 5.33. The van der Waals surface area contributed by atoms with Crippen molar-refractivity contribution in [2.45, 2.75) is 0 Å². The highest BCUT2D eigenvalue weighted by Crippen LogP contribution is 2.25. The summed E-state index contributed by atoms with van der Waals surface area (Å²) in [4.78, 5) is 11.7. The third-order valence-corrected chi connectivity index (χ3v) is 3.22. The first-order valence-electron chi connectivity index (χ1n) is 5.78. The zero-order valence-corrected chi connectivity index (χ0v) is 11.9. The van der Waals surface area contributed by atoms with Gasteiger partial charge in [-0.2, -0.15) is 0 Å².